The van der Waals surface area contributed by atoms with Gasteiger partial charge in [-0.2, -0.15) is 0 Å². The molecule has 0 aliphatic heterocycles. The van der Waals surface area contributed by atoms with Crippen molar-refractivity contribution in [3.63, 3.8) is 0 Å². The lowest BCUT2D eigenvalue weighted by Crippen LogP contribution is -2.16. The molecule has 132 valence electrons. The highest BCUT2D eigenvalue weighted by atomic mass is 32.2. The van der Waals surface area contributed by atoms with Gasteiger partial charge in [0.1, 0.15) is 17.5 Å². The highest BCUT2D eigenvalue weighted by Crippen LogP contribution is 2.41. The molecule has 0 bridgehead atoms. The molecule has 0 radical (unpaired) electrons. The summed E-state index contributed by atoms with van der Waals surface area (Å²) in [5.74, 6) is -2.75. The molecule has 0 saturated heterocycles. The van der Waals surface area contributed by atoms with Crippen LogP contribution < -0.4 is 5.14 Å². The van der Waals surface area contributed by atoms with Gasteiger partial charge < -0.3 is 0 Å². The van der Waals surface area contributed by atoms with Gasteiger partial charge >= 0.3 is 0 Å². The molecule has 0 saturated carbocycles. The minimum atomic E-state index is -4.49. The lowest BCUT2D eigenvalue weighted by molar-refractivity contribution is 0.519. The van der Waals surface area contributed by atoms with E-state index >= 15 is 0 Å². The maximum atomic E-state index is 14.1. The smallest absolute Gasteiger partial charge is 0.224 e. The molecular formula is C18H16F3NO2S. The van der Waals surface area contributed by atoms with E-state index in [-0.39, 0.29) is 11.4 Å². The van der Waals surface area contributed by atoms with E-state index in [1.165, 1.54) is 6.07 Å². The molecule has 2 N–H and O–H groups in total. The molecule has 0 spiro atoms. The maximum absolute atomic E-state index is 14.1. The molecule has 2 aromatic rings. The number of rotatable bonds is 3. The number of sulfonamides is 1. The zero-order chi connectivity index (χ0) is 18.4. The van der Waals surface area contributed by atoms with Gasteiger partial charge in [-0.1, -0.05) is 6.07 Å². The number of halogens is 3. The molecule has 3 rings (SSSR count). The fraction of sp³-hybridized carbons (Fsp3) is 0.222. The first-order valence-corrected chi connectivity index (χ1v) is 9.24. The van der Waals surface area contributed by atoms with Crippen LogP contribution in [-0.4, -0.2) is 8.42 Å². The highest BCUT2D eigenvalue weighted by molar-refractivity contribution is 7.89. The molecule has 0 atom stereocenters. The summed E-state index contributed by atoms with van der Waals surface area (Å²) in [7, 11) is -4.49. The normalized spacial score (nSPS) is 15.1. The van der Waals surface area contributed by atoms with Crippen LogP contribution in [-0.2, 0) is 10.0 Å². The SMILES string of the molecule is Cc1cc(C2=C(c3cc(F)c(S(N)(=O)=O)c(F)c3)CCC2)ccc1F. The Morgan fingerprint density at radius 1 is 0.880 bits per heavy atom. The molecule has 1 aliphatic rings. The second-order valence-electron chi connectivity index (χ2n) is 6.09. The van der Waals surface area contributed by atoms with E-state index in [1.54, 1.807) is 19.1 Å². The maximum Gasteiger partial charge on any atom is 0.243 e. The summed E-state index contributed by atoms with van der Waals surface area (Å²) in [6.45, 7) is 1.65. The summed E-state index contributed by atoms with van der Waals surface area (Å²) in [4.78, 5) is -1.13. The Morgan fingerprint density at radius 2 is 1.44 bits per heavy atom. The van der Waals surface area contributed by atoms with Crippen LogP contribution in [0, 0.1) is 24.4 Å². The minimum Gasteiger partial charge on any atom is -0.224 e. The van der Waals surface area contributed by atoms with Crippen LogP contribution in [0.15, 0.2) is 35.2 Å². The third kappa shape index (κ3) is 3.34. The van der Waals surface area contributed by atoms with Gasteiger partial charge in [0.05, 0.1) is 0 Å². The highest BCUT2D eigenvalue weighted by Gasteiger charge is 2.24. The quantitative estimate of drug-likeness (QED) is 0.886. The Bertz CT molecular complexity index is 974. The first-order chi connectivity index (χ1) is 11.7. The van der Waals surface area contributed by atoms with Crippen LogP contribution >= 0.6 is 0 Å². The van der Waals surface area contributed by atoms with Crippen molar-refractivity contribution in [2.75, 3.05) is 0 Å². The average Bonchev–Trinajstić information content (AvgIpc) is 2.97. The van der Waals surface area contributed by atoms with E-state index in [2.05, 4.69) is 0 Å². The van der Waals surface area contributed by atoms with Crippen LogP contribution in [0.25, 0.3) is 11.1 Å². The summed E-state index contributed by atoms with van der Waals surface area (Å²) < 4.78 is 64.4. The summed E-state index contributed by atoms with van der Waals surface area (Å²) in [6.07, 6.45) is 2.08. The van der Waals surface area contributed by atoms with Crippen molar-refractivity contribution in [1.82, 2.24) is 0 Å². The molecule has 25 heavy (non-hydrogen) atoms. The van der Waals surface area contributed by atoms with Crippen molar-refractivity contribution in [2.24, 2.45) is 5.14 Å². The number of hydrogen-bond donors (Lipinski definition) is 1. The van der Waals surface area contributed by atoms with Gasteiger partial charge in [-0.05, 0) is 78.3 Å². The largest absolute Gasteiger partial charge is 0.243 e. The number of primary sulfonamides is 1. The lowest BCUT2D eigenvalue weighted by atomic mass is 9.96. The van der Waals surface area contributed by atoms with Gasteiger partial charge in [-0.25, -0.2) is 26.7 Å². The van der Waals surface area contributed by atoms with Crippen LogP contribution in [0.1, 0.15) is 36.0 Å². The first kappa shape index (κ1) is 17.7. The number of nitrogens with two attached hydrogens (primary N) is 1. The van der Waals surface area contributed by atoms with Crippen LogP contribution in [0.3, 0.4) is 0 Å². The summed E-state index contributed by atoms with van der Waals surface area (Å²) in [6, 6.07) is 6.66. The van der Waals surface area contributed by atoms with Crippen LogP contribution in [0.5, 0.6) is 0 Å². The topological polar surface area (TPSA) is 60.2 Å². The van der Waals surface area contributed by atoms with E-state index in [0.29, 0.717) is 18.4 Å². The fourth-order valence-electron chi connectivity index (χ4n) is 3.22. The van der Waals surface area contributed by atoms with E-state index in [9.17, 15) is 21.6 Å². The molecule has 2 aromatic carbocycles. The van der Waals surface area contributed by atoms with Crippen molar-refractivity contribution < 1.29 is 21.6 Å². The van der Waals surface area contributed by atoms with Gasteiger partial charge in [-0.3, -0.25) is 0 Å². The Labute approximate surface area is 144 Å². The predicted octanol–water partition coefficient (Wildman–Crippen LogP) is 4.15. The summed E-state index contributed by atoms with van der Waals surface area (Å²) in [5.41, 5.74) is 3.16. The van der Waals surface area contributed by atoms with E-state index in [1.807, 2.05) is 0 Å². The van der Waals surface area contributed by atoms with Gasteiger partial charge in [-0.15, -0.1) is 0 Å². The van der Waals surface area contributed by atoms with Gasteiger partial charge in [0.2, 0.25) is 10.0 Å². The van der Waals surface area contributed by atoms with E-state index in [4.69, 9.17) is 5.14 Å². The van der Waals surface area contributed by atoms with Crippen LogP contribution in [0.4, 0.5) is 13.2 Å². The Kier molecular flexibility index (Phi) is 4.47. The summed E-state index contributed by atoms with van der Waals surface area (Å²) in [5, 5.41) is 4.86. The van der Waals surface area contributed by atoms with E-state index < -0.39 is 26.6 Å². The molecule has 3 nitrogen and oxygen atoms in total. The molecule has 0 unspecified atom stereocenters. The predicted molar refractivity (Wildman–Crippen MR) is 89.5 cm³/mol. The molecule has 1 aliphatic carbocycles. The van der Waals surface area contributed by atoms with Gasteiger partial charge in [0.25, 0.3) is 0 Å². The number of allylic oxidation sites excluding steroid dienone is 2. The molecule has 0 heterocycles. The second-order valence-corrected chi connectivity index (χ2v) is 7.59. The number of hydrogen-bond acceptors (Lipinski definition) is 2. The van der Waals surface area contributed by atoms with Crippen LogP contribution in [0.2, 0.25) is 0 Å². The first-order valence-electron chi connectivity index (χ1n) is 7.69. The van der Waals surface area contributed by atoms with Crippen molar-refractivity contribution in [3.8, 4) is 0 Å². The van der Waals surface area contributed by atoms with Crippen molar-refractivity contribution >= 4 is 21.2 Å². The van der Waals surface area contributed by atoms with Gasteiger partial charge in [0.15, 0.2) is 4.90 Å². The Hall–Kier alpha value is -2.12. The third-order valence-corrected chi connectivity index (χ3v) is 5.31. The zero-order valence-electron chi connectivity index (χ0n) is 13.4. The lowest BCUT2D eigenvalue weighted by Gasteiger charge is -2.11. The Balaban J connectivity index is 2.15. The number of aryl methyl sites for hydroxylation is 1. The second kappa shape index (κ2) is 6.31. The molecule has 0 aromatic heterocycles. The standard InChI is InChI=1S/C18H16F3NO2S/c1-10-7-11(5-6-15(10)19)13-3-2-4-14(13)12-8-16(20)18(17(21)9-12)25(22,23)24/h5-9H,2-4H2,1H3,(H2,22,23,24). The Morgan fingerprint density at radius 3 is 1.96 bits per heavy atom. The molecule has 7 heteroatoms. The monoisotopic (exact) mass is 367 g/mol. The van der Waals surface area contributed by atoms with Crippen molar-refractivity contribution in [3.05, 3.63) is 64.5 Å². The van der Waals surface area contributed by atoms with Crippen molar-refractivity contribution in [1.29, 1.82) is 0 Å². The van der Waals surface area contributed by atoms with Crippen molar-refractivity contribution in [2.45, 2.75) is 31.1 Å². The average molecular weight is 367 g/mol. The molecular weight excluding hydrogens is 351 g/mol. The third-order valence-electron chi connectivity index (χ3n) is 4.36. The molecule has 0 amide bonds. The zero-order valence-corrected chi connectivity index (χ0v) is 14.3. The summed E-state index contributed by atoms with van der Waals surface area (Å²) >= 11 is 0. The number of benzene rings is 2. The van der Waals surface area contributed by atoms with E-state index in [0.717, 1.165) is 35.3 Å². The minimum absolute atomic E-state index is 0.275. The van der Waals surface area contributed by atoms with Gasteiger partial charge in [0, 0.05) is 0 Å². The fourth-order valence-corrected chi connectivity index (χ4v) is 3.88. The molecule has 0 fully saturated rings.